The van der Waals surface area contributed by atoms with Crippen molar-refractivity contribution < 1.29 is 18.3 Å². The SMILES string of the molecule is CNC(=O)NCc1cc(Nc2ncc(F)c(-c3cc(F)c4c(c3)N(C(C)C)CCO4)n2)ccc1C1CCN(C)CC1. The summed E-state index contributed by atoms with van der Waals surface area (Å²) < 4.78 is 35.7. The molecule has 11 heteroatoms. The lowest BCUT2D eigenvalue weighted by Crippen LogP contribution is -2.38. The summed E-state index contributed by atoms with van der Waals surface area (Å²) in [6.07, 6.45) is 3.16. The number of carbonyl (C=O) groups is 1. The number of hydrogen-bond donors (Lipinski definition) is 3. The molecule has 1 fully saturated rings. The van der Waals surface area contributed by atoms with E-state index in [0.717, 1.165) is 37.7 Å². The summed E-state index contributed by atoms with van der Waals surface area (Å²) in [6, 6.07) is 8.80. The van der Waals surface area contributed by atoms with Crippen LogP contribution in [0.3, 0.4) is 0 Å². The van der Waals surface area contributed by atoms with Crippen molar-refractivity contribution in [2.24, 2.45) is 0 Å². The quantitative estimate of drug-likeness (QED) is 0.371. The number of amides is 2. The Hall–Kier alpha value is -3.99. The number of fused-ring (bicyclic) bond motifs is 1. The molecule has 5 rings (SSSR count). The fraction of sp³-hybridized carbons (Fsp3) is 0.433. The first-order valence-corrected chi connectivity index (χ1v) is 14.0. The summed E-state index contributed by atoms with van der Waals surface area (Å²) in [6.45, 7) is 7.42. The van der Waals surface area contributed by atoms with Crippen molar-refractivity contribution >= 4 is 23.4 Å². The largest absolute Gasteiger partial charge is 0.486 e. The highest BCUT2D eigenvalue weighted by atomic mass is 19.1. The van der Waals surface area contributed by atoms with E-state index in [4.69, 9.17) is 4.74 Å². The van der Waals surface area contributed by atoms with Crippen LogP contribution < -0.4 is 25.6 Å². The van der Waals surface area contributed by atoms with Gasteiger partial charge in [-0.1, -0.05) is 6.07 Å². The van der Waals surface area contributed by atoms with Crippen molar-refractivity contribution in [1.29, 1.82) is 0 Å². The summed E-state index contributed by atoms with van der Waals surface area (Å²) in [7, 11) is 3.71. The lowest BCUT2D eigenvalue weighted by Gasteiger charge is -2.34. The molecule has 1 saturated heterocycles. The Morgan fingerprint density at radius 3 is 2.63 bits per heavy atom. The zero-order valence-electron chi connectivity index (χ0n) is 23.9. The van der Waals surface area contributed by atoms with Gasteiger partial charge in [-0.2, -0.15) is 0 Å². The number of urea groups is 1. The maximum absolute atomic E-state index is 15.1. The van der Waals surface area contributed by atoms with Crippen molar-refractivity contribution in [3.63, 3.8) is 0 Å². The van der Waals surface area contributed by atoms with Gasteiger partial charge >= 0.3 is 6.03 Å². The molecule has 3 heterocycles. The van der Waals surface area contributed by atoms with Crippen molar-refractivity contribution in [3.8, 4) is 17.0 Å². The third-order valence-electron chi connectivity index (χ3n) is 7.78. The molecule has 0 bridgehead atoms. The van der Waals surface area contributed by atoms with Crippen molar-refractivity contribution in [2.45, 2.75) is 45.2 Å². The van der Waals surface area contributed by atoms with E-state index in [2.05, 4.69) is 43.9 Å². The van der Waals surface area contributed by atoms with Gasteiger partial charge in [0.05, 0.1) is 18.4 Å². The minimum Gasteiger partial charge on any atom is -0.486 e. The number of halogens is 2. The summed E-state index contributed by atoms with van der Waals surface area (Å²) in [4.78, 5) is 24.8. The Labute approximate surface area is 239 Å². The van der Waals surface area contributed by atoms with Gasteiger partial charge in [0.1, 0.15) is 12.3 Å². The normalized spacial score (nSPS) is 15.8. The molecule has 2 aliphatic heterocycles. The first kappa shape index (κ1) is 28.5. The van der Waals surface area contributed by atoms with Crippen LogP contribution in [0.25, 0.3) is 11.3 Å². The molecule has 0 spiro atoms. The molecule has 1 aromatic heterocycles. The van der Waals surface area contributed by atoms with Gasteiger partial charge in [-0.05, 0) is 88.1 Å². The Bertz CT molecular complexity index is 1410. The topological polar surface area (TPSA) is 94.7 Å². The Morgan fingerprint density at radius 1 is 1.12 bits per heavy atom. The molecule has 41 heavy (non-hydrogen) atoms. The van der Waals surface area contributed by atoms with Crippen LogP contribution in [0.15, 0.2) is 36.5 Å². The molecule has 218 valence electrons. The van der Waals surface area contributed by atoms with E-state index in [1.54, 1.807) is 13.1 Å². The number of likely N-dealkylation sites (tertiary alicyclic amines) is 1. The van der Waals surface area contributed by atoms with Crippen LogP contribution in [0.5, 0.6) is 5.75 Å². The molecule has 0 aliphatic carbocycles. The molecular weight excluding hydrogens is 528 g/mol. The number of piperidine rings is 1. The van der Waals surface area contributed by atoms with E-state index in [1.165, 1.54) is 11.6 Å². The number of benzene rings is 2. The molecule has 9 nitrogen and oxygen atoms in total. The van der Waals surface area contributed by atoms with Gasteiger partial charge in [-0.15, -0.1) is 0 Å². The number of aromatic nitrogens is 2. The second-order valence-corrected chi connectivity index (χ2v) is 10.9. The Balaban J connectivity index is 1.44. The highest BCUT2D eigenvalue weighted by Gasteiger charge is 2.26. The standard InChI is InChI=1S/C30H37F2N7O2/c1-18(2)39-11-12-41-28-24(31)14-20(15-26(28)39)27-25(32)17-34-29(37-27)36-22-5-6-23(19-7-9-38(4)10-8-19)21(13-22)16-35-30(40)33-3/h5-6,13-15,17-19H,7-12,16H2,1-4H3,(H2,33,35,40)(H,34,36,37). The van der Waals surface area contributed by atoms with Gasteiger partial charge < -0.3 is 30.5 Å². The zero-order valence-corrected chi connectivity index (χ0v) is 23.9. The predicted molar refractivity (Wildman–Crippen MR) is 156 cm³/mol. The second-order valence-electron chi connectivity index (χ2n) is 10.9. The lowest BCUT2D eigenvalue weighted by atomic mass is 9.86. The monoisotopic (exact) mass is 565 g/mol. The second kappa shape index (κ2) is 12.3. The third-order valence-corrected chi connectivity index (χ3v) is 7.78. The van der Waals surface area contributed by atoms with Crippen LogP contribution in [-0.2, 0) is 6.54 Å². The van der Waals surface area contributed by atoms with Gasteiger partial charge in [-0.3, -0.25) is 0 Å². The molecule has 0 radical (unpaired) electrons. The predicted octanol–water partition coefficient (Wildman–Crippen LogP) is 5.01. The van der Waals surface area contributed by atoms with Crippen molar-refractivity contribution in [3.05, 3.63) is 59.3 Å². The molecule has 3 N–H and O–H groups in total. The van der Waals surface area contributed by atoms with E-state index in [0.29, 0.717) is 42.6 Å². The van der Waals surface area contributed by atoms with Crippen molar-refractivity contribution in [1.82, 2.24) is 25.5 Å². The fourth-order valence-electron chi connectivity index (χ4n) is 5.55. The first-order valence-electron chi connectivity index (χ1n) is 14.0. The minimum atomic E-state index is -0.657. The van der Waals surface area contributed by atoms with Gasteiger partial charge in [0.2, 0.25) is 5.95 Å². The fourth-order valence-corrected chi connectivity index (χ4v) is 5.55. The number of nitrogens with zero attached hydrogens (tertiary/aromatic N) is 4. The molecule has 0 unspecified atom stereocenters. The molecule has 3 aromatic rings. The summed E-state index contributed by atoms with van der Waals surface area (Å²) in [5.74, 6) is -0.481. The van der Waals surface area contributed by atoms with E-state index in [-0.39, 0.29) is 29.5 Å². The van der Waals surface area contributed by atoms with Crippen LogP contribution in [0.2, 0.25) is 0 Å². The Morgan fingerprint density at radius 2 is 1.90 bits per heavy atom. The third kappa shape index (κ3) is 6.35. The summed E-state index contributed by atoms with van der Waals surface area (Å²) in [5.41, 5.74) is 3.75. The molecule has 0 atom stereocenters. The Kier molecular flexibility index (Phi) is 8.53. The maximum atomic E-state index is 15.1. The first-order chi connectivity index (χ1) is 19.7. The number of hydrogen-bond acceptors (Lipinski definition) is 7. The van der Waals surface area contributed by atoms with Crippen LogP contribution in [-0.4, -0.2) is 67.3 Å². The average molecular weight is 566 g/mol. The van der Waals surface area contributed by atoms with E-state index in [9.17, 15) is 4.79 Å². The number of ether oxygens (including phenoxy) is 1. The highest BCUT2D eigenvalue weighted by molar-refractivity contribution is 5.74. The van der Waals surface area contributed by atoms with Crippen LogP contribution in [0.1, 0.15) is 43.7 Å². The smallest absolute Gasteiger partial charge is 0.314 e. The number of rotatable bonds is 7. The van der Waals surface area contributed by atoms with Gasteiger partial charge in [0.15, 0.2) is 17.4 Å². The summed E-state index contributed by atoms with van der Waals surface area (Å²) in [5, 5.41) is 8.65. The molecule has 0 saturated carbocycles. The van der Waals surface area contributed by atoms with Gasteiger partial charge in [-0.25, -0.2) is 23.5 Å². The average Bonchev–Trinajstić information content (AvgIpc) is 2.97. The minimum absolute atomic E-state index is 0.0112. The number of anilines is 3. The zero-order chi connectivity index (χ0) is 29.1. The van der Waals surface area contributed by atoms with Crippen LogP contribution >= 0.6 is 0 Å². The van der Waals surface area contributed by atoms with Gasteiger partial charge in [0, 0.05) is 30.9 Å². The number of carbonyl (C=O) groups excluding carboxylic acids is 1. The van der Waals surface area contributed by atoms with E-state index in [1.807, 2.05) is 30.9 Å². The molecule has 2 amide bonds. The van der Waals surface area contributed by atoms with E-state index >= 15 is 8.78 Å². The van der Waals surface area contributed by atoms with E-state index < -0.39 is 11.6 Å². The molecular formula is C30H37F2N7O2. The molecule has 2 aromatic carbocycles. The maximum Gasteiger partial charge on any atom is 0.314 e. The van der Waals surface area contributed by atoms with Crippen LogP contribution in [0.4, 0.5) is 30.9 Å². The van der Waals surface area contributed by atoms with Crippen LogP contribution in [0, 0.1) is 11.6 Å². The summed E-state index contributed by atoms with van der Waals surface area (Å²) >= 11 is 0. The highest BCUT2D eigenvalue weighted by Crippen LogP contribution is 2.39. The van der Waals surface area contributed by atoms with Gasteiger partial charge in [0.25, 0.3) is 0 Å². The lowest BCUT2D eigenvalue weighted by molar-refractivity contribution is 0.242. The number of nitrogens with one attached hydrogen (secondary N) is 3. The molecule has 2 aliphatic rings. The van der Waals surface area contributed by atoms with Crippen molar-refractivity contribution in [2.75, 3.05) is 50.6 Å².